The highest BCUT2D eigenvalue weighted by atomic mass is 32.2. The molecule has 148 valence electrons. The predicted octanol–water partition coefficient (Wildman–Crippen LogP) is 2.68. The molecule has 0 radical (unpaired) electrons. The molecule has 28 heavy (non-hydrogen) atoms. The van der Waals surface area contributed by atoms with Crippen molar-refractivity contribution < 1.29 is 14.1 Å². The number of amides is 1. The van der Waals surface area contributed by atoms with E-state index in [9.17, 15) is 4.79 Å². The molecule has 0 aliphatic carbocycles. The molecule has 0 aliphatic heterocycles. The smallest absolute Gasteiger partial charge is 0.237 e. The Kier molecular flexibility index (Phi) is 5.59. The van der Waals surface area contributed by atoms with Crippen molar-refractivity contribution in [3.63, 3.8) is 0 Å². The summed E-state index contributed by atoms with van der Waals surface area (Å²) in [5.74, 6) is 7.46. The number of carbonyl (C=O) groups is 1. The first-order chi connectivity index (χ1) is 13.3. The third-order valence-corrected chi connectivity index (χ3v) is 4.83. The van der Waals surface area contributed by atoms with Crippen LogP contribution >= 0.6 is 11.8 Å². The molecule has 9 nitrogen and oxygen atoms in total. The van der Waals surface area contributed by atoms with Crippen LogP contribution in [0.25, 0.3) is 11.4 Å². The molecular formula is C18H22N6O3S. The van der Waals surface area contributed by atoms with Crippen molar-refractivity contribution in [2.45, 2.75) is 31.3 Å². The number of nitrogen functional groups attached to an aromatic ring is 1. The summed E-state index contributed by atoms with van der Waals surface area (Å²) in [5.41, 5.74) is 1.40. The topological polar surface area (TPSA) is 121 Å². The lowest BCUT2D eigenvalue weighted by atomic mass is 9.92. The maximum Gasteiger partial charge on any atom is 0.237 e. The van der Waals surface area contributed by atoms with E-state index >= 15 is 0 Å². The molecule has 3 rings (SSSR count). The molecule has 0 fully saturated rings. The summed E-state index contributed by atoms with van der Waals surface area (Å²) in [6.07, 6.45) is 0. The molecule has 3 aromatic rings. The van der Waals surface area contributed by atoms with Crippen LogP contribution < -0.4 is 15.9 Å². The second-order valence-corrected chi connectivity index (χ2v) is 8.01. The number of ether oxygens (including phenoxy) is 1. The number of anilines is 1. The summed E-state index contributed by atoms with van der Waals surface area (Å²) in [4.78, 5) is 12.2. The van der Waals surface area contributed by atoms with E-state index in [-0.39, 0.29) is 17.1 Å². The van der Waals surface area contributed by atoms with Gasteiger partial charge in [0.1, 0.15) is 5.75 Å². The number of hydrogen-bond acceptors (Lipinski definition) is 8. The number of nitrogens with zero attached hydrogens (tertiary/aromatic N) is 4. The van der Waals surface area contributed by atoms with Gasteiger partial charge >= 0.3 is 0 Å². The average Bonchev–Trinajstić information content (AvgIpc) is 3.27. The number of benzene rings is 1. The third-order valence-electron chi connectivity index (χ3n) is 3.89. The lowest BCUT2D eigenvalue weighted by Crippen LogP contribution is -2.16. The van der Waals surface area contributed by atoms with Crippen LogP contribution in [0.2, 0.25) is 0 Å². The largest absolute Gasteiger partial charge is 0.497 e. The lowest BCUT2D eigenvalue weighted by Gasteiger charge is -2.12. The molecule has 0 atom stereocenters. The van der Waals surface area contributed by atoms with E-state index in [1.165, 1.54) is 16.4 Å². The van der Waals surface area contributed by atoms with Crippen LogP contribution in [0.5, 0.6) is 5.75 Å². The van der Waals surface area contributed by atoms with Crippen LogP contribution in [0.1, 0.15) is 26.5 Å². The number of thioether (sulfide) groups is 1. The molecule has 0 bridgehead atoms. The summed E-state index contributed by atoms with van der Waals surface area (Å²) in [6, 6.07) is 9.02. The van der Waals surface area contributed by atoms with Crippen molar-refractivity contribution in [3.05, 3.63) is 36.0 Å². The van der Waals surface area contributed by atoms with Gasteiger partial charge in [0.25, 0.3) is 0 Å². The average molecular weight is 402 g/mol. The maximum atomic E-state index is 12.2. The molecule has 3 N–H and O–H groups in total. The van der Waals surface area contributed by atoms with Gasteiger partial charge in [0.05, 0.1) is 18.6 Å². The van der Waals surface area contributed by atoms with E-state index in [1.807, 2.05) is 45.0 Å². The first-order valence-electron chi connectivity index (χ1n) is 8.52. The number of nitrogens with two attached hydrogens (primary N) is 1. The van der Waals surface area contributed by atoms with E-state index in [4.69, 9.17) is 15.1 Å². The van der Waals surface area contributed by atoms with Crippen LogP contribution in [0.4, 0.5) is 5.88 Å². The van der Waals surface area contributed by atoms with E-state index in [1.54, 1.807) is 13.2 Å². The van der Waals surface area contributed by atoms with Crippen LogP contribution in [0.15, 0.2) is 40.0 Å². The lowest BCUT2D eigenvalue weighted by molar-refractivity contribution is -0.113. The zero-order valence-electron chi connectivity index (χ0n) is 16.1. The van der Waals surface area contributed by atoms with Gasteiger partial charge in [-0.25, -0.2) is 4.68 Å². The Hall–Kier alpha value is -3.01. The minimum absolute atomic E-state index is 0.101. The van der Waals surface area contributed by atoms with E-state index in [0.29, 0.717) is 16.9 Å². The number of methoxy groups -OCH3 is 1. The van der Waals surface area contributed by atoms with Gasteiger partial charge in [0.2, 0.25) is 16.9 Å². The van der Waals surface area contributed by atoms with E-state index in [2.05, 4.69) is 20.7 Å². The summed E-state index contributed by atoms with van der Waals surface area (Å²) in [5, 5.41) is 15.2. The van der Waals surface area contributed by atoms with Crippen molar-refractivity contribution in [3.8, 4) is 17.1 Å². The summed E-state index contributed by atoms with van der Waals surface area (Å²) < 4.78 is 11.7. The summed E-state index contributed by atoms with van der Waals surface area (Å²) in [7, 11) is 1.60. The van der Waals surface area contributed by atoms with Crippen molar-refractivity contribution in [1.29, 1.82) is 0 Å². The Balaban J connectivity index is 1.61. The highest BCUT2D eigenvalue weighted by Crippen LogP contribution is 2.25. The number of nitrogens with one attached hydrogen (secondary N) is 1. The standard InChI is InChI=1S/C18H22N6O3S/c1-18(2,3)13-9-15(27-23-13)20-14(25)10-28-17-22-21-16(24(17)19)11-5-7-12(26-4)8-6-11/h5-9H,10,19H2,1-4H3,(H,20,25). The highest BCUT2D eigenvalue weighted by molar-refractivity contribution is 7.99. The fourth-order valence-corrected chi connectivity index (χ4v) is 2.96. The SMILES string of the molecule is COc1ccc(-c2nnc(SCC(=O)Nc3cc(C(C)(C)C)no3)n2N)cc1. The molecule has 0 saturated heterocycles. The number of hydrogen-bond donors (Lipinski definition) is 2. The predicted molar refractivity (Wildman–Crippen MR) is 107 cm³/mol. The minimum atomic E-state index is -0.254. The van der Waals surface area contributed by atoms with Crippen LogP contribution in [0, 0.1) is 0 Å². The fourth-order valence-electron chi connectivity index (χ4n) is 2.30. The molecule has 0 aliphatic rings. The Morgan fingerprint density at radius 1 is 1.29 bits per heavy atom. The van der Waals surface area contributed by atoms with Crippen molar-refractivity contribution in [2.24, 2.45) is 0 Å². The molecule has 10 heteroatoms. The van der Waals surface area contributed by atoms with Gasteiger partial charge in [-0.1, -0.05) is 37.7 Å². The maximum absolute atomic E-state index is 12.2. The van der Waals surface area contributed by atoms with Crippen LogP contribution in [-0.2, 0) is 10.2 Å². The summed E-state index contributed by atoms with van der Waals surface area (Å²) in [6.45, 7) is 6.04. The molecule has 0 spiro atoms. The Bertz CT molecular complexity index is 959. The number of carbonyl (C=O) groups excluding carboxylic acids is 1. The van der Waals surface area contributed by atoms with Gasteiger partial charge in [-0.3, -0.25) is 10.1 Å². The molecule has 0 saturated carbocycles. The Morgan fingerprint density at radius 2 is 2.00 bits per heavy atom. The van der Waals surface area contributed by atoms with Gasteiger partial charge in [0.15, 0.2) is 5.82 Å². The highest BCUT2D eigenvalue weighted by Gasteiger charge is 2.20. The van der Waals surface area contributed by atoms with Crippen molar-refractivity contribution in [1.82, 2.24) is 20.0 Å². The van der Waals surface area contributed by atoms with Gasteiger partial charge in [0, 0.05) is 17.0 Å². The molecule has 0 unspecified atom stereocenters. The zero-order chi connectivity index (χ0) is 20.3. The van der Waals surface area contributed by atoms with Gasteiger partial charge < -0.3 is 15.1 Å². The first kappa shape index (κ1) is 19.7. The Morgan fingerprint density at radius 3 is 2.61 bits per heavy atom. The number of aromatic nitrogens is 4. The summed E-state index contributed by atoms with van der Waals surface area (Å²) >= 11 is 1.18. The quantitative estimate of drug-likeness (QED) is 0.477. The zero-order valence-corrected chi connectivity index (χ0v) is 16.9. The molecule has 2 aromatic heterocycles. The van der Waals surface area contributed by atoms with Crippen molar-refractivity contribution in [2.75, 3.05) is 24.0 Å². The van der Waals surface area contributed by atoms with Crippen molar-refractivity contribution >= 4 is 23.6 Å². The second-order valence-electron chi connectivity index (χ2n) is 7.07. The monoisotopic (exact) mass is 402 g/mol. The molecule has 1 aromatic carbocycles. The molecule has 1 amide bonds. The normalized spacial score (nSPS) is 11.4. The van der Waals surface area contributed by atoms with Crippen LogP contribution in [0.3, 0.4) is 0 Å². The second kappa shape index (κ2) is 7.93. The molecular weight excluding hydrogens is 380 g/mol. The van der Waals surface area contributed by atoms with E-state index in [0.717, 1.165) is 17.0 Å². The fraction of sp³-hybridized carbons (Fsp3) is 0.333. The first-order valence-corrected chi connectivity index (χ1v) is 9.51. The van der Waals surface area contributed by atoms with Gasteiger partial charge in [-0.15, -0.1) is 10.2 Å². The third kappa shape index (κ3) is 4.45. The van der Waals surface area contributed by atoms with Crippen LogP contribution in [-0.4, -0.2) is 38.8 Å². The van der Waals surface area contributed by atoms with Gasteiger partial charge in [-0.2, -0.15) is 0 Å². The van der Waals surface area contributed by atoms with Gasteiger partial charge in [-0.05, 0) is 24.3 Å². The number of rotatable bonds is 6. The Labute approximate surface area is 166 Å². The minimum Gasteiger partial charge on any atom is -0.497 e. The van der Waals surface area contributed by atoms with E-state index < -0.39 is 0 Å². The molecule has 2 heterocycles.